The Hall–Kier alpha value is -5.58. The Morgan fingerprint density at radius 3 is 2.05 bits per heavy atom. The summed E-state index contributed by atoms with van der Waals surface area (Å²) in [6.45, 7) is 24.7. The van der Waals surface area contributed by atoms with Gasteiger partial charge in [0, 0.05) is 59.0 Å². The summed E-state index contributed by atoms with van der Waals surface area (Å²) in [6.07, 6.45) is 4.92. The van der Waals surface area contributed by atoms with Gasteiger partial charge in [0.05, 0.1) is 11.4 Å². The molecule has 0 N–H and O–H groups in total. The van der Waals surface area contributed by atoms with Crippen molar-refractivity contribution in [3.63, 3.8) is 0 Å². The largest absolute Gasteiger partial charge is 0.400 e. The average Bonchev–Trinajstić information content (AvgIpc) is 3.85. The maximum absolute atomic E-state index is 3.04. The molecule has 322 valence electrons. The normalized spacial score (nSPS) is 21.0. The fourth-order valence-corrected chi connectivity index (χ4v) is 14.8. The van der Waals surface area contributed by atoms with Crippen molar-refractivity contribution in [1.29, 1.82) is 0 Å². The highest BCUT2D eigenvalue weighted by Crippen LogP contribution is 2.66. The molecule has 0 radical (unpaired) electrons. The number of nitrogens with zero attached hydrogens (tertiary/aromatic N) is 2. The van der Waals surface area contributed by atoms with Gasteiger partial charge >= 0.3 is 6.85 Å². The molecule has 8 aromatic rings. The van der Waals surface area contributed by atoms with Crippen LogP contribution in [0.4, 0.5) is 22.7 Å². The standard InChI is InChI=1S/C61H59BN2S/c1-57(2,3)37-26-28-48(41(32-37)36-20-12-11-13-21-36)63-55-47(27-29-50-51(55)40-23-15-17-25-49(40)65-50)62-53-43(35-42-39-22-14-16-24-45(39)59(7,8)52(42)56(53)63)44-33-38(58(4,5)6)34-46-54(44)64(62)61(10)31-19-18-30-60(46,61)9/h11-17,20-29,32-35H,18-19,30-31H2,1-10H3. The lowest BCUT2D eigenvalue weighted by molar-refractivity contribution is 0.199. The van der Waals surface area contributed by atoms with Gasteiger partial charge in [-0.1, -0.05) is 166 Å². The van der Waals surface area contributed by atoms with Crippen LogP contribution < -0.4 is 20.6 Å². The van der Waals surface area contributed by atoms with Crippen LogP contribution in [0, 0.1) is 0 Å². The number of anilines is 4. The lowest BCUT2D eigenvalue weighted by Crippen LogP contribution is -2.71. The van der Waals surface area contributed by atoms with E-state index in [2.05, 4.69) is 206 Å². The molecule has 2 nitrogen and oxygen atoms in total. The molecule has 0 spiro atoms. The molecule has 0 amide bonds. The van der Waals surface area contributed by atoms with Gasteiger partial charge in [-0.3, -0.25) is 0 Å². The number of fused-ring (bicyclic) bond motifs is 15. The highest BCUT2D eigenvalue weighted by atomic mass is 32.1. The lowest BCUT2D eigenvalue weighted by Gasteiger charge is -2.55. The number of hydrogen-bond acceptors (Lipinski definition) is 3. The molecule has 1 saturated carbocycles. The molecule has 1 fully saturated rings. The molecule has 65 heavy (non-hydrogen) atoms. The third kappa shape index (κ3) is 5.02. The zero-order valence-corrected chi connectivity index (χ0v) is 40.6. The van der Waals surface area contributed by atoms with Crippen molar-refractivity contribution in [2.75, 3.05) is 9.71 Å². The van der Waals surface area contributed by atoms with Gasteiger partial charge in [-0.2, -0.15) is 0 Å². The summed E-state index contributed by atoms with van der Waals surface area (Å²) in [6, 6.07) is 50.2. The fourth-order valence-electron chi connectivity index (χ4n) is 13.7. The van der Waals surface area contributed by atoms with Crippen molar-refractivity contribution in [2.45, 2.75) is 122 Å². The van der Waals surface area contributed by atoms with E-state index in [4.69, 9.17) is 0 Å². The minimum atomic E-state index is -0.258. The molecule has 4 heterocycles. The van der Waals surface area contributed by atoms with Gasteiger partial charge in [0.1, 0.15) is 0 Å². The van der Waals surface area contributed by atoms with Gasteiger partial charge in [-0.05, 0) is 128 Å². The Bertz CT molecular complexity index is 3380. The topological polar surface area (TPSA) is 6.48 Å². The monoisotopic (exact) mass is 862 g/mol. The predicted molar refractivity (Wildman–Crippen MR) is 282 cm³/mol. The Kier molecular flexibility index (Phi) is 7.86. The number of rotatable bonds is 2. The Labute approximate surface area is 390 Å². The van der Waals surface area contributed by atoms with E-state index in [-0.39, 0.29) is 34.0 Å². The van der Waals surface area contributed by atoms with E-state index < -0.39 is 0 Å². The first-order chi connectivity index (χ1) is 31.0. The molecular formula is C61H59BN2S. The van der Waals surface area contributed by atoms with Crippen LogP contribution in [0.15, 0.2) is 127 Å². The van der Waals surface area contributed by atoms with Crippen LogP contribution in [0.5, 0.6) is 0 Å². The van der Waals surface area contributed by atoms with Crippen LogP contribution in [-0.4, -0.2) is 12.4 Å². The van der Waals surface area contributed by atoms with E-state index in [1.807, 2.05) is 11.3 Å². The summed E-state index contributed by atoms with van der Waals surface area (Å²) < 4.78 is 2.70. The molecule has 2 unspecified atom stereocenters. The van der Waals surface area contributed by atoms with Crippen LogP contribution in [0.25, 0.3) is 53.6 Å². The highest BCUT2D eigenvalue weighted by Gasteiger charge is 2.64. The summed E-state index contributed by atoms with van der Waals surface area (Å²) in [5, 5.41) is 2.73. The Morgan fingerprint density at radius 1 is 0.554 bits per heavy atom. The minimum Gasteiger partial charge on any atom is -0.400 e. The van der Waals surface area contributed by atoms with E-state index in [0.29, 0.717) is 0 Å². The molecule has 3 aliphatic heterocycles. The molecule has 0 bridgehead atoms. The van der Waals surface area contributed by atoms with Gasteiger partial charge in [0.25, 0.3) is 0 Å². The number of benzene rings is 7. The average molecular weight is 863 g/mol. The quantitative estimate of drug-likeness (QED) is 0.160. The van der Waals surface area contributed by atoms with E-state index in [9.17, 15) is 0 Å². The molecule has 13 rings (SSSR count). The minimum absolute atomic E-state index is 0.00708. The maximum atomic E-state index is 3.04. The second-order valence-electron chi connectivity index (χ2n) is 23.2. The summed E-state index contributed by atoms with van der Waals surface area (Å²) in [5.41, 5.74) is 23.4. The zero-order valence-electron chi connectivity index (χ0n) is 39.8. The van der Waals surface area contributed by atoms with Crippen LogP contribution in [-0.2, 0) is 21.7 Å². The molecule has 4 heteroatoms. The summed E-state index contributed by atoms with van der Waals surface area (Å²) >= 11 is 1.95. The Balaban J connectivity index is 1.27. The van der Waals surface area contributed by atoms with Crippen molar-refractivity contribution in [3.8, 4) is 33.4 Å². The van der Waals surface area contributed by atoms with Crippen LogP contribution in [0.2, 0.25) is 0 Å². The van der Waals surface area contributed by atoms with Crippen molar-refractivity contribution < 1.29 is 0 Å². The van der Waals surface area contributed by atoms with Crippen molar-refractivity contribution >= 4 is 72.0 Å². The second kappa shape index (κ2) is 12.9. The van der Waals surface area contributed by atoms with Crippen LogP contribution in [0.3, 0.4) is 0 Å². The van der Waals surface area contributed by atoms with E-state index in [1.54, 1.807) is 5.56 Å². The molecule has 1 aromatic heterocycles. The van der Waals surface area contributed by atoms with E-state index in [1.165, 1.54) is 135 Å². The van der Waals surface area contributed by atoms with Gasteiger partial charge in [-0.15, -0.1) is 11.3 Å². The third-order valence-corrected chi connectivity index (χ3v) is 18.4. The number of hydrogen-bond donors (Lipinski definition) is 0. The molecule has 7 aromatic carbocycles. The predicted octanol–water partition coefficient (Wildman–Crippen LogP) is 15.6. The van der Waals surface area contributed by atoms with Gasteiger partial charge in [0.2, 0.25) is 0 Å². The van der Waals surface area contributed by atoms with Crippen molar-refractivity contribution in [3.05, 3.63) is 155 Å². The summed E-state index contributed by atoms with van der Waals surface area (Å²) in [7, 11) is 0. The molecule has 0 saturated heterocycles. The van der Waals surface area contributed by atoms with E-state index >= 15 is 0 Å². The first kappa shape index (κ1) is 39.8. The maximum Gasteiger partial charge on any atom is 0.328 e. The third-order valence-electron chi connectivity index (χ3n) is 17.3. The molecule has 2 aliphatic carbocycles. The smallest absolute Gasteiger partial charge is 0.328 e. The SMILES string of the molecule is CC(C)(C)c1ccc(N2c3c4c(cc5c3C(C)(C)c3ccccc3-5)-c3cc(C(C)(C)C)cc5c3N(B4c3ccc4sc6ccccc6c4c32)C2(C)CCCCC52C)c(-c2ccccc2)c1. The summed E-state index contributed by atoms with van der Waals surface area (Å²) in [5.74, 6) is 0. The first-order valence-electron chi connectivity index (χ1n) is 24.3. The van der Waals surface area contributed by atoms with Crippen LogP contribution >= 0.6 is 11.3 Å². The van der Waals surface area contributed by atoms with Gasteiger partial charge in [0.15, 0.2) is 0 Å². The molecule has 5 aliphatic rings. The summed E-state index contributed by atoms with van der Waals surface area (Å²) in [4.78, 5) is 5.86. The van der Waals surface area contributed by atoms with E-state index in [0.717, 1.165) is 0 Å². The highest BCUT2D eigenvalue weighted by molar-refractivity contribution is 7.26. The lowest BCUT2D eigenvalue weighted by atomic mass is 9.41. The second-order valence-corrected chi connectivity index (χ2v) is 24.3. The Morgan fingerprint density at radius 2 is 1.26 bits per heavy atom. The van der Waals surface area contributed by atoms with Crippen LogP contribution in [0.1, 0.15) is 123 Å². The fraction of sp³-hybridized carbons (Fsp3) is 0.311. The van der Waals surface area contributed by atoms with Crippen molar-refractivity contribution in [2.24, 2.45) is 0 Å². The molecular weight excluding hydrogens is 804 g/mol. The van der Waals surface area contributed by atoms with Gasteiger partial charge in [-0.25, -0.2) is 0 Å². The van der Waals surface area contributed by atoms with Gasteiger partial charge < -0.3 is 9.71 Å². The molecule has 2 atom stereocenters. The van der Waals surface area contributed by atoms with Crippen molar-refractivity contribution in [1.82, 2.24) is 0 Å². The first-order valence-corrected chi connectivity index (χ1v) is 25.1. The zero-order chi connectivity index (χ0) is 44.7. The number of thiophene rings is 1.